The van der Waals surface area contributed by atoms with Crippen LogP contribution in [0.15, 0.2) is 24.8 Å². The van der Waals surface area contributed by atoms with Crippen molar-refractivity contribution in [2.75, 3.05) is 0 Å². The molecule has 0 aromatic carbocycles. The third-order valence-electron chi connectivity index (χ3n) is 0.462. The van der Waals surface area contributed by atoms with E-state index in [4.69, 9.17) is 6.92 Å². The van der Waals surface area contributed by atoms with Crippen molar-refractivity contribution in [3.8, 4) is 0 Å². The van der Waals surface area contributed by atoms with Crippen LogP contribution in [0.2, 0.25) is 0 Å². The minimum Gasteiger partial charge on any atom is -0.290 e. The second kappa shape index (κ2) is 3.34. The summed E-state index contributed by atoms with van der Waals surface area (Å²) in [5.74, 6) is -0.164. The van der Waals surface area contributed by atoms with Gasteiger partial charge in [-0.15, -0.1) is 0 Å². The van der Waals surface area contributed by atoms with Crippen LogP contribution in [0.25, 0.3) is 0 Å². The van der Waals surface area contributed by atoms with E-state index in [1.165, 1.54) is 18.2 Å². The minimum atomic E-state index is -0.164. The van der Waals surface area contributed by atoms with E-state index in [0.717, 1.165) is 0 Å². The molecular formula is C6H6O. The fraction of sp³-hybridized carbons (Fsp3) is 0. The van der Waals surface area contributed by atoms with Crippen molar-refractivity contribution in [2.45, 2.75) is 0 Å². The van der Waals surface area contributed by atoms with Gasteiger partial charge >= 0.3 is 0 Å². The molecule has 0 aliphatic heterocycles. The lowest BCUT2D eigenvalue weighted by Crippen LogP contribution is -1.80. The molecule has 7 heavy (non-hydrogen) atoms. The molecule has 0 saturated heterocycles. The predicted molar refractivity (Wildman–Crippen MR) is 28.6 cm³/mol. The molecule has 1 heteroatoms. The molecule has 0 bridgehead atoms. The number of hydrogen-bond acceptors (Lipinski definition) is 1. The van der Waals surface area contributed by atoms with Crippen LogP contribution in [0.4, 0.5) is 0 Å². The summed E-state index contributed by atoms with van der Waals surface area (Å²) in [7, 11) is 0. The van der Waals surface area contributed by atoms with Crippen molar-refractivity contribution in [3.63, 3.8) is 0 Å². The van der Waals surface area contributed by atoms with Gasteiger partial charge in [0.15, 0.2) is 5.78 Å². The highest BCUT2D eigenvalue weighted by atomic mass is 16.1. The van der Waals surface area contributed by atoms with Gasteiger partial charge in [-0.25, -0.2) is 0 Å². The molecule has 0 aromatic rings. The zero-order chi connectivity index (χ0) is 5.70. The molecule has 0 amide bonds. The van der Waals surface area contributed by atoms with Gasteiger partial charge in [0.05, 0.1) is 0 Å². The van der Waals surface area contributed by atoms with Crippen LogP contribution >= 0.6 is 0 Å². The average Bonchev–Trinajstić information content (AvgIpc) is 1.68. The predicted octanol–water partition coefficient (Wildman–Crippen LogP) is 1.01. The standard InChI is InChI=1S/C6H6O/c1-3-5-6(7)4-2/h1,3-5H,2H2/b5-3+. The van der Waals surface area contributed by atoms with Gasteiger partial charge in [0, 0.05) is 0 Å². The number of carbonyl (C=O) groups excluding carboxylic acids is 1. The monoisotopic (exact) mass is 94.0 g/mol. The Hall–Kier alpha value is -0.850. The quantitative estimate of drug-likeness (QED) is 0.467. The molecule has 1 nitrogen and oxygen atoms in total. The fourth-order valence-electron chi connectivity index (χ4n) is 0.163. The number of hydrogen-bond donors (Lipinski definition) is 0. The van der Waals surface area contributed by atoms with Gasteiger partial charge in [-0.3, -0.25) is 4.79 Å². The second-order valence-electron chi connectivity index (χ2n) is 0.966. The lowest BCUT2D eigenvalue weighted by Gasteiger charge is -1.71. The normalized spacial score (nSPS) is 9.29. The van der Waals surface area contributed by atoms with E-state index in [-0.39, 0.29) is 5.78 Å². The first-order valence-corrected chi connectivity index (χ1v) is 1.86. The number of carbonyl (C=O) groups is 1. The molecule has 0 N–H and O–H groups in total. The zero-order valence-corrected chi connectivity index (χ0v) is 3.92. The Balaban J connectivity index is 3.58. The molecular weight excluding hydrogens is 88.1 g/mol. The summed E-state index contributed by atoms with van der Waals surface area (Å²) < 4.78 is 0. The van der Waals surface area contributed by atoms with Crippen LogP contribution in [0.1, 0.15) is 0 Å². The molecule has 0 fully saturated rings. The van der Waals surface area contributed by atoms with Gasteiger partial charge in [0.2, 0.25) is 0 Å². The van der Waals surface area contributed by atoms with Gasteiger partial charge in [-0.05, 0) is 19.1 Å². The Morgan fingerprint density at radius 3 is 2.43 bits per heavy atom. The van der Waals surface area contributed by atoms with E-state index < -0.39 is 0 Å². The molecule has 0 saturated carbocycles. The van der Waals surface area contributed by atoms with E-state index in [0.29, 0.717) is 0 Å². The minimum absolute atomic E-state index is 0.164. The molecule has 36 valence electrons. The van der Waals surface area contributed by atoms with Crippen LogP contribution in [0, 0.1) is 6.92 Å². The Kier molecular flexibility index (Phi) is 2.94. The lowest BCUT2D eigenvalue weighted by atomic mass is 10.3. The zero-order valence-electron chi connectivity index (χ0n) is 3.92. The Morgan fingerprint density at radius 2 is 2.29 bits per heavy atom. The lowest BCUT2D eigenvalue weighted by molar-refractivity contribution is -0.110. The first kappa shape index (κ1) is 6.15. The fourth-order valence-corrected chi connectivity index (χ4v) is 0.163. The topological polar surface area (TPSA) is 17.1 Å². The third-order valence-corrected chi connectivity index (χ3v) is 0.462. The van der Waals surface area contributed by atoms with Gasteiger partial charge in [-0.2, -0.15) is 0 Å². The van der Waals surface area contributed by atoms with Crippen molar-refractivity contribution in [1.29, 1.82) is 0 Å². The summed E-state index contributed by atoms with van der Waals surface area (Å²) in [6, 6.07) is 0. The van der Waals surface area contributed by atoms with Gasteiger partial charge in [0.25, 0.3) is 0 Å². The van der Waals surface area contributed by atoms with E-state index in [2.05, 4.69) is 6.58 Å². The Morgan fingerprint density at radius 1 is 1.71 bits per heavy atom. The first-order valence-electron chi connectivity index (χ1n) is 1.86. The number of allylic oxidation sites excluding steroid dienone is 3. The van der Waals surface area contributed by atoms with Crippen molar-refractivity contribution in [2.24, 2.45) is 0 Å². The maximum absolute atomic E-state index is 10.1. The summed E-state index contributed by atoms with van der Waals surface area (Å²) >= 11 is 0. The molecule has 0 aliphatic carbocycles. The molecule has 0 rings (SSSR count). The molecule has 0 unspecified atom stereocenters. The summed E-state index contributed by atoms with van der Waals surface area (Å²) in [5.41, 5.74) is 0. The van der Waals surface area contributed by atoms with Crippen LogP contribution in [-0.4, -0.2) is 5.78 Å². The van der Waals surface area contributed by atoms with Crippen LogP contribution in [0.5, 0.6) is 0 Å². The number of rotatable bonds is 2. The van der Waals surface area contributed by atoms with Crippen molar-refractivity contribution >= 4 is 5.78 Å². The third kappa shape index (κ3) is 2.97. The highest BCUT2D eigenvalue weighted by Gasteiger charge is 1.78. The first-order chi connectivity index (χ1) is 3.31. The van der Waals surface area contributed by atoms with E-state index in [9.17, 15) is 4.79 Å². The summed E-state index contributed by atoms with van der Waals surface area (Å²) in [6.07, 6.45) is 3.63. The largest absolute Gasteiger partial charge is 0.290 e. The van der Waals surface area contributed by atoms with Crippen molar-refractivity contribution in [1.82, 2.24) is 0 Å². The van der Waals surface area contributed by atoms with Crippen LogP contribution in [0.3, 0.4) is 0 Å². The van der Waals surface area contributed by atoms with Gasteiger partial charge in [0.1, 0.15) is 0 Å². The van der Waals surface area contributed by atoms with Crippen molar-refractivity contribution in [3.05, 3.63) is 31.7 Å². The second-order valence-corrected chi connectivity index (χ2v) is 0.966. The maximum Gasteiger partial charge on any atom is 0.177 e. The maximum atomic E-state index is 10.1. The number of ketones is 1. The molecule has 0 heterocycles. The van der Waals surface area contributed by atoms with E-state index in [1.807, 2.05) is 0 Å². The Bertz CT molecular complexity index is 101. The molecule has 0 aromatic heterocycles. The van der Waals surface area contributed by atoms with Crippen molar-refractivity contribution < 1.29 is 4.79 Å². The highest BCUT2D eigenvalue weighted by molar-refractivity contribution is 5.98. The highest BCUT2D eigenvalue weighted by Crippen LogP contribution is 1.73. The van der Waals surface area contributed by atoms with Gasteiger partial charge in [-0.1, -0.05) is 12.7 Å². The smallest absolute Gasteiger partial charge is 0.177 e. The molecule has 0 aliphatic rings. The SMILES string of the molecule is [CH]/C=C/C(=O)C=C. The molecule has 0 spiro atoms. The van der Waals surface area contributed by atoms with E-state index in [1.54, 1.807) is 0 Å². The van der Waals surface area contributed by atoms with Crippen LogP contribution in [-0.2, 0) is 4.79 Å². The van der Waals surface area contributed by atoms with Crippen LogP contribution < -0.4 is 0 Å². The van der Waals surface area contributed by atoms with E-state index >= 15 is 0 Å². The average molecular weight is 94.1 g/mol. The van der Waals surface area contributed by atoms with Gasteiger partial charge < -0.3 is 0 Å². The molecule has 2 radical (unpaired) electrons. The Labute approximate surface area is 43.3 Å². The molecule has 0 atom stereocenters. The summed E-state index contributed by atoms with van der Waals surface area (Å²) in [4.78, 5) is 10.1. The summed E-state index contributed by atoms with van der Waals surface area (Å²) in [6.45, 7) is 8.08. The summed E-state index contributed by atoms with van der Waals surface area (Å²) in [5, 5.41) is 0.